The van der Waals surface area contributed by atoms with Crippen molar-refractivity contribution in [1.29, 1.82) is 0 Å². The zero-order valence-corrected chi connectivity index (χ0v) is 13.1. The van der Waals surface area contributed by atoms with Crippen molar-refractivity contribution in [1.82, 2.24) is 0 Å². The van der Waals surface area contributed by atoms with E-state index in [-0.39, 0.29) is 10.7 Å². The van der Waals surface area contributed by atoms with Gasteiger partial charge in [-0.3, -0.25) is 9.52 Å². The van der Waals surface area contributed by atoms with Crippen molar-refractivity contribution >= 4 is 33.1 Å². The number of benzene rings is 2. The monoisotopic (exact) mass is 323 g/mol. The molecule has 0 saturated heterocycles. The van der Waals surface area contributed by atoms with E-state index in [0.29, 0.717) is 16.3 Å². The minimum Gasteiger partial charge on any atom is -0.295 e. The lowest BCUT2D eigenvalue weighted by atomic mass is 10.2. The summed E-state index contributed by atoms with van der Waals surface area (Å²) in [5.41, 5.74) is 1.72. The van der Waals surface area contributed by atoms with Crippen molar-refractivity contribution in [2.24, 2.45) is 0 Å². The van der Waals surface area contributed by atoms with Crippen molar-refractivity contribution in [2.75, 3.05) is 4.72 Å². The van der Waals surface area contributed by atoms with E-state index in [0.717, 1.165) is 5.56 Å². The summed E-state index contributed by atoms with van der Waals surface area (Å²) in [6, 6.07) is 10.7. The summed E-state index contributed by atoms with van der Waals surface area (Å²) in [6.45, 7) is 3.26. The number of ketones is 1. The van der Waals surface area contributed by atoms with E-state index >= 15 is 0 Å². The molecule has 2 rings (SSSR count). The molecule has 0 aliphatic rings. The highest BCUT2D eigenvalue weighted by Crippen LogP contribution is 2.22. The minimum absolute atomic E-state index is 0.0872. The number of nitrogens with one attached hydrogen (secondary N) is 1. The quantitative estimate of drug-likeness (QED) is 0.873. The number of aryl methyl sites for hydroxylation is 1. The van der Waals surface area contributed by atoms with Gasteiger partial charge in [0.2, 0.25) is 0 Å². The summed E-state index contributed by atoms with van der Waals surface area (Å²) < 4.78 is 26.9. The van der Waals surface area contributed by atoms with Crippen LogP contribution in [0.1, 0.15) is 22.8 Å². The van der Waals surface area contributed by atoms with Crippen molar-refractivity contribution in [3.8, 4) is 0 Å². The van der Waals surface area contributed by atoms with Crippen molar-refractivity contribution in [3.05, 3.63) is 58.6 Å². The summed E-state index contributed by atoms with van der Waals surface area (Å²) in [7, 11) is -3.71. The third-order valence-corrected chi connectivity index (χ3v) is 4.80. The molecule has 0 aliphatic carbocycles. The van der Waals surface area contributed by atoms with E-state index in [1.807, 2.05) is 6.92 Å². The van der Waals surface area contributed by atoms with Crippen molar-refractivity contribution in [3.63, 3.8) is 0 Å². The minimum atomic E-state index is -3.71. The summed E-state index contributed by atoms with van der Waals surface area (Å²) in [5.74, 6) is -0.114. The molecule has 0 unspecified atom stereocenters. The third-order valence-electron chi connectivity index (χ3n) is 3.00. The Morgan fingerprint density at radius 1 is 1.10 bits per heavy atom. The van der Waals surface area contributed by atoms with Gasteiger partial charge >= 0.3 is 0 Å². The van der Waals surface area contributed by atoms with Crippen LogP contribution in [0, 0.1) is 6.92 Å². The normalized spacial score (nSPS) is 11.2. The molecule has 0 fully saturated rings. The number of hydrogen-bond acceptors (Lipinski definition) is 3. The average molecular weight is 324 g/mol. The average Bonchev–Trinajstić information content (AvgIpc) is 2.43. The molecule has 2 aromatic rings. The van der Waals surface area contributed by atoms with Crippen LogP contribution in [0.3, 0.4) is 0 Å². The predicted molar refractivity (Wildman–Crippen MR) is 83.4 cm³/mol. The number of sulfonamides is 1. The van der Waals surface area contributed by atoms with E-state index in [4.69, 9.17) is 11.6 Å². The van der Waals surface area contributed by atoms with Gasteiger partial charge in [0.15, 0.2) is 5.78 Å². The van der Waals surface area contributed by atoms with E-state index in [1.54, 1.807) is 18.2 Å². The van der Waals surface area contributed by atoms with Gasteiger partial charge in [-0.05, 0) is 43.7 Å². The topological polar surface area (TPSA) is 63.2 Å². The number of rotatable bonds is 4. The van der Waals surface area contributed by atoms with Gasteiger partial charge in [-0.15, -0.1) is 0 Å². The zero-order valence-electron chi connectivity index (χ0n) is 11.6. The Bertz CT molecular complexity index is 783. The molecule has 0 aliphatic heterocycles. The molecule has 21 heavy (non-hydrogen) atoms. The molecule has 4 nitrogen and oxygen atoms in total. The second kappa shape index (κ2) is 5.87. The summed E-state index contributed by atoms with van der Waals surface area (Å²) >= 11 is 5.97. The molecule has 0 atom stereocenters. The lowest BCUT2D eigenvalue weighted by molar-refractivity contribution is 0.101. The Labute approximate surface area is 128 Å². The Morgan fingerprint density at radius 3 is 2.24 bits per heavy atom. The molecule has 0 amide bonds. The molecule has 0 heterocycles. The highest BCUT2D eigenvalue weighted by atomic mass is 35.5. The van der Waals surface area contributed by atoms with E-state index in [2.05, 4.69) is 4.72 Å². The number of carbonyl (C=O) groups is 1. The molecule has 0 aromatic heterocycles. The van der Waals surface area contributed by atoms with E-state index in [1.165, 1.54) is 31.2 Å². The first-order chi connectivity index (χ1) is 9.79. The van der Waals surface area contributed by atoms with Gasteiger partial charge in [0.25, 0.3) is 10.0 Å². The van der Waals surface area contributed by atoms with Gasteiger partial charge in [0.1, 0.15) is 0 Å². The number of anilines is 1. The van der Waals surface area contributed by atoms with Crippen LogP contribution in [0.4, 0.5) is 5.69 Å². The molecule has 0 bridgehead atoms. The Hall–Kier alpha value is -1.85. The van der Waals surface area contributed by atoms with Gasteiger partial charge < -0.3 is 0 Å². The predicted octanol–water partition coefficient (Wildman–Crippen LogP) is 3.65. The lowest BCUT2D eigenvalue weighted by Crippen LogP contribution is -2.13. The molecule has 0 radical (unpaired) electrons. The zero-order chi connectivity index (χ0) is 15.6. The first-order valence-corrected chi connectivity index (χ1v) is 8.06. The summed E-state index contributed by atoms with van der Waals surface area (Å²) in [4.78, 5) is 11.3. The smallest absolute Gasteiger partial charge is 0.261 e. The molecule has 6 heteroatoms. The maximum atomic E-state index is 12.2. The molecule has 1 N–H and O–H groups in total. The first kappa shape index (κ1) is 15.5. The number of halogens is 1. The van der Waals surface area contributed by atoms with Crippen LogP contribution < -0.4 is 4.72 Å². The van der Waals surface area contributed by atoms with Crippen LogP contribution >= 0.6 is 11.6 Å². The summed E-state index contributed by atoms with van der Waals surface area (Å²) in [5, 5.41) is 0.488. The molecule has 0 spiro atoms. The van der Waals surface area contributed by atoms with Gasteiger partial charge in [-0.25, -0.2) is 8.42 Å². The van der Waals surface area contributed by atoms with Crippen LogP contribution in [0.15, 0.2) is 47.4 Å². The van der Waals surface area contributed by atoms with Gasteiger partial charge in [-0.1, -0.05) is 29.8 Å². The fourth-order valence-electron chi connectivity index (χ4n) is 1.74. The van der Waals surface area contributed by atoms with E-state index < -0.39 is 10.0 Å². The van der Waals surface area contributed by atoms with Crippen molar-refractivity contribution in [2.45, 2.75) is 18.7 Å². The molecule has 110 valence electrons. The SMILES string of the molecule is CC(=O)c1ccc(S(=O)(=O)Nc2ccc(C)c(Cl)c2)cc1. The van der Waals surface area contributed by atoms with Crippen LogP contribution in [-0.2, 0) is 10.0 Å². The van der Waals surface area contributed by atoms with Crippen molar-refractivity contribution < 1.29 is 13.2 Å². The molecular formula is C15H14ClNO3S. The second-order valence-electron chi connectivity index (χ2n) is 4.65. The number of carbonyl (C=O) groups excluding carboxylic acids is 1. The van der Waals surface area contributed by atoms with E-state index in [9.17, 15) is 13.2 Å². The molecule has 0 saturated carbocycles. The summed E-state index contributed by atoms with van der Waals surface area (Å²) in [6.07, 6.45) is 0. The van der Waals surface area contributed by atoms with Gasteiger partial charge in [0.05, 0.1) is 10.6 Å². The number of Topliss-reactive ketones (excluding diaryl/α,β-unsaturated/α-hetero) is 1. The van der Waals surface area contributed by atoms with Gasteiger partial charge in [-0.2, -0.15) is 0 Å². The maximum Gasteiger partial charge on any atom is 0.261 e. The highest BCUT2D eigenvalue weighted by molar-refractivity contribution is 7.92. The second-order valence-corrected chi connectivity index (χ2v) is 6.74. The lowest BCUT2D eigenvalue weighted by Gasteiger charge is -2.09. The fourth-order valence-corrected chi connectivity index (χ4v) is 2.97. The Kier molecular flexibility index (Phi) is 4.34. The van der Waals surface area contributed by atoms with Crippen LogP contribution in [-0.4, -0.2) is 14.2 Å². The molecular weight excluding hydrogens is 310 g/mol. The highest BCUT2D eigenvalue weighted by Gasteiger charge is 2.15. The fraction of sp³-hybridized carbons (Fsp3) is 0.133. The Balaban J connectivity index is 2.29. The first-order valence-electron chi connectivity index (χ1n) is 6.19. The number of hydrogen-bond donors (Lipinski definition) is 1. The Morgan fingerprint density at radius 2 is 1.71 bits per heavy atom. The van der Waals surface area contributed by atoms with Gasteiger partial charge in [0, 0.05) is 10.6 Å². The molecule has 2 aromatic carbocycles. The van der Waals surface area contributed by atoms with Crippen LogP contribution in [0.5, 0.6) is 0 Å². The van der Waals surface area contributed by atoms with Crippen LogP contribution in [0.25, 0.3) is 0 Å². The third kappa shape index (κ3) is 3.62. The maximum absolute atomic E-state index is 12.2. The van der Waals surface area contributed by atoms with Crippen LogP contribution in [0.2, 0.25) is 5.02 Å². The standard InChI is InChI=1S/C15H14ClNO3S/c1-10-3-6-13(9-15(10)16)17-21(19,20)14-7-4-12(5-8-14)11(2)18/h3-9,17H,1-2H3. The largest absolute Gasteiger partial charge is 0.295 e.